The van der Waals surface area contributed by atoms with Crippen LogP contribution in [0.3, 0.4) is 0 Å². The Bertz CT molecular complexity index is 520. The Morgan fingerprint density at radius 3 is 1.66 bits per heavy atom. The van der Waals surface area contributed by atoms with E-state index in [0.717, 1.165) is 6.92 Å². The number of nitrogens with zero attached hydrogens (tertiary/aromatic N) is 6. The molecule has 1 heterocycles. The minimum absolute atomic E-state index is 0. The first-order valence-corrected chi connectivity index (χ1v) is 6.65. The number of alkyl halides is 4. The van der Waals surface area contributed by atoms with Crippen molar-refractivity contribution in [3.8, 4) is 5.75 Å². The van der Waals surface area contributed by atoms with Gasteiger partial charge in [-0.25, -0.2) is 17.6 Å². The molecule has 0 saturated heterocycles. The molecule has 1 aromatic heterocycles. The minimum Gasteiger partial charge on any atom is -0.512 e. The summed E-state index contributed by atoms with van der Waals surface area (Å²) in [6.45, 7) is 22.5. The molecule has 1 radical (unpaired) electrons. The molecule has 0 bridgehead atoms. The Labute approximate surface area is 178 Å². The standard InChI is InChI=1S/C12H15F4NO.5CN.Fe/c1-9(14)6-11(15)12(16,7-13)8-18-10-2-4-17-5-3-10;5*1-2;/h2-5,9,11H,6-8H2,1H3;;;;;;/q;5*-1;+5. The summed E-state index contributed by atoms with van der Waals surface area (Å²) in [5.74, 6) is 0.251. The zero-order chi connectivity index (χ0) is 23.6. The molecule has 0 aromatic carbocycles. The number of hydrogen-bond acceptors (Lipinski definition) is 7. The molecule has 0 N–H and O–H groups in total. The average Bonchev–Trinajstić information content (AvgIpc) is 2.79. The molecule has 0 aliphatic heterocycles. The van der Waals surface area contributed by atoms with Crippen LogP contribution in [-0.4, -0.2) is 36.3 Å². The third kappa shape index (κ3) is 22.6. The van der Waals surface area contributed by atoms with Gasteiger partial charge in [0.1, 0.15) is 31.4 Å². The van der Waals surface area contributed by atoms with E-state index in [1.165, 1.54) is 24.5 Å². The van der Waals surface area contributed by atoms with E-state index < -0.39 is 37.7 Å². The fourth-order valence-electron chi connectivity index (χ4n) is 1.35. The molecular formula is C17H15F4FeN6O. The van der Waals surface area contributed by atoms with Crippen molar-refractivity contribution in [2.24, 2.45) is 0 Å². The van der Waals surface area contributed by atoms with E-state index in [1.807, 2.05) is 0 Å². The van der Waals surface area contributed by atoms with Crippen molar-refractivity contribution in [1.82, 2.24) is 4.98 Å². The van der Waals surface area contributed by atoms with Gasteiger partial charge in [0, 0.05) is 18.8 Å². The van der Waals surface area contributed by atoms with E-state index in [2.05, 4.69) is 4.98 Å². The van der Waals surface area contributed by atoms with E-state index in [4.69, 9.17) is 63.9 Å². The van der Waals surface area contributed by atoms with Gasteiger partial charge in [0.25, 0.3) is 0 Å². The summed E-state index contributed by atoms with van der Waals surface area (Å²) in [5.41, 5.74) is -2.83. The van der Waals surface area contributed by atoms with Crippen molar-refractivity contribution in [2.45, 2.75) is 31.4 Å². The quantitative estimate of drug-likeness (QED) is 0.350. The molecule has 0 fully saturated rings. The molecule has 12 heteroatoms. The summed E-state index contributed by atoms with van der Waals surface area (Å²) in [4.78, 5) is 3.71. The number of aromatic nitrogens is 1. The van der Waals surface area contributed by atoms with E-state index in [-0.39, 0.29) is 22.8 Å². The number of pyridine rings is 1. The number of hydrogen-bond donors (Lipinski definition) is 0. The average molecular weight is 451 g/mol. The fourth-order valence-corrected chi connectivity index (χ4v) is 1.35. The number of halogens is 4. The SMILES string of the molecule is CC(F)CC(F)C(F)(CF)COc1ccncc1.[C-]#N.[C-]#N.[C-]#N.[C-]#N.[C-]#N.[Fe+5]. The maximum Gasteiger partial charge on any atom is 5.00 e. The van der Waals surface area contributed by atoms with Gasteiger partial charge in [-0.3, -0.25) is 4.98 Å². The molecule has 29 heavy (non-hydrogen) atoms. The summed E-state index contributed by atoms with van der Waals surface area (Å²) in [7, 11) is 0. The van der Waals surface area contributed by atoms with Crippen LogP contribution < -0.4 is 4.74 Å². The largest absolute Gasteiger partial charge is 5.00 e. The Balaban J connectivity index is -0.000000105. The predicted octanol–water partition coefficient (Wildman–Crippen LogP) is 3.70. The van der Waals surface area contributed by atoms with Gasteiger partial charge < -0.3 is 63.9 Å². The first-order chi connectivity index (χ1) is 13.5. The maximum atomic E-state index is 13.9. The number of rotatable bonds is 7. The molecule has 0 aliphatic rings. The van der Waals surface area contributed by atoms with E-state index in [0.29, 0.717) is 0 Å². The van der Waals surface area contributed by atoms with Crippen LogP contribution in [0.4, 0.5) is 17.6 Å². The monoisotopic (exact) mass is 451 g/mol. The van der Waals surface area contributed by atoms with Gasteiger partial charge in [0.05, 0.1) is 0 Å². The van der Waals surface area contributed by atoms with Crippen LogP contribution in [-0.2, 0) is 17.1 Å². The second-order valence-electron chi connectivity index (χ2n) is 4.12. The van der Waals surface area contributed by atoms with Gasteiger partial charge in [0.2, 0.25) is 5.67 Å². The Hall–Kier alpha value is -3.36. The summed E-state index contributed by atoms with van der Waals surface area (Å²) in [6, 6.07) is 2.87. The van der Waals surface area contributed by atoms with Crippen molar-refractivity contribution >= 4 is 0 Å². The van der Waals surface area contributed by atoms with Crippen LogP contribution in [0.25, 0.3) is 0 Å². The van der Waals surface area contributed by atoms with Crippen LogP contribution in [0.15, 0.2) is 24.5 Å². The molecule has 1 rings (SSSR count). The second kappa shape index (κ2) is 32.3. The third-order valence-electron chi connectivity index (χ3n) is 2.44. The summed E-state index contributed by atoms with van der Waals surface area (Å²) in [6.07, 6.45) is -1.67. The molecule has 0 amide bonds. The third-order valence-corrected chi connectivity index (χ3v) is 2.44. The first-order valence-electron chi connectivity index (χ1n) is 6.65. The fraction of sp³-hybridized carbons (Fsp3) is 0.412. The first kappa shape index (κ1) is 40.4. The van der Waals surface area contributed by atoms with E-state index in [9.17, 15) is 17.6 Å². The molecule has 0 aliphatic carbocycles. The number of ether oxygens (including phenoxy) is 1. The van der Waals surface area contributed by atoms with Gasteiger partial charge >= 0.3 is 17.1 Å². The van der Waals surface area contributed by atoms with Gasteiger partial charge in [-0.1, -0.05) is 0 Å². The van der Waals surface area contributed by atoms with Crippen LogP contribution >= 0.6 is 0 Å². The Morgan fingerprint density at radius 1 is 0.966 bits per heavy atom. The summed E-state index contributed by atoms with van der Waals surface area (Å²) < 4.78 is 57.5. The molecule has 7 nitrogen and oxygen atoms in total. The van der Waals surface area contributed by atoms with Crippen molar-refractivity contribution in [1.29, 1.82) is 26.3 Å². The molecule has 3 atom stereocenters. The molecular weight excluding hydrogens is 436 g/mol. The summed E-state index contributed by atoms with van der Waals surface area (Å²) >= 11 is 0. The normalized spacial score (nSPS) is 11.4. The Kier molecular flexibility index (Phi) is 45.0. The van der Waals surface area contributed by atoms with Gasteiger partial charge in [0.15, 0.2) is 0 Å². The predicted molar refractivity (Wildman–Crippen MR) is 84.5 cm³/mol. The molecule has 0 saturated carbocycles. The van der Waals surface area contributed by atoms with Crippen molar-refractivity contribution in [2.75, 3.05) is 13.3 Å². The van der Waals surface area contributed by atoms with Gasteiger partial charge in [-0.05, 0) is 19.1 Å². The Morgan fingerprint density at radius 2 is 1.34 bits per heavy atom. The van der Waals surface area contributed by atoms with Crippen molar-refractivity contribution in [3.05, 3.63) is 57.4 Å². The summed E-state index contributed by atoms with van der Waals surface area (Å²) in [5, 5.41) is 31.2. The van der Waals surface area contributed by atoms with E-state index in [1.54, 1.807) is 0 Å². The molecule has 155 valence electrons. The van der Waals surface area contributed by atoms with Gasteiger partial charge in [-0.2, -0.15) is 0 Å². The van der Waals surface area contributed by atoms with Crippen molar-refractivity contribution < 1.29 is 39.4 Å². The topological polar surface area (TPSA) is 141 Å². The van der Waals surface area contributed by atoms with Crippen LogP contribution in [0.5, 0.6) is 5.75 Å². The zero-order valence-electron chi connectivity index (χ0n) is 15.0. The zero-order valence-corrected chi connectivity index (χ0v) is 16.1. The van der Waals surface area contributed by atoms with Crippen molar-refractivity contribution in [3.63, 3.8) is 0 Å². The van der Waals surface area contributed by atoms with Crippen LogP contribution in [0, 0.1) is 59.2 Å². The molecule has 3 unspecified atom stereocenters. The van der Waals surface area contributed by atoms with Crippen LogP contribution in [0.1, 0.15) is 13.3 Å². The van der Waals surface area contributed by atoms with Crippen LogP contribution in [0.2, 0.25) is 0 Å². The molecule has 0 spiro atoms. The van der Waals surface area contributed by atoms with Gasteiger partial charge in [-0.15, -0.1) is 0 Å². The molecule has 1 aromatic rings. The maximum absolute atomic E-state index is 13.9. The smallest absolute Gasteiger partial charge is 0.512 e. The second-order valence-corrected chi connectivity index (χ2v) is 4.12. The van der Waals surface area contributed by atoms with E-state index >= 15 is 0 Å². The minimum atomic E-state index is -2.83.